The minimum Gasteiger partial charge on any atom is -0.462 e. The smallest absolute Gasteiger partial charge is 0.462 e. The molecule has 3 atom stereocenters. The number of carbonyl (C=O) groups excluding carboxylic acids is 2. The number of allylic oxidation sites excluding steroid dienone is 5. The molecule has 0 heterocycles. The van der Waals surface area contributed by atoms with Gasteiger partial charge in [-0.15, -0.1) is 0 Å². The molecule has 0 bridgehead atoms. The van der Waals surface area contributed by atoms with E-state index in [1.165, 1.54) is 122 Å². The third-order valence-corrected chi connectivity index (χ3v) is 9.82. The van der Waals surface area contributed by atoms with Crippen LogP contribution in [0.4, 0.5) is 0 Å². The number of aliphatic hydroxyl groups is 2. The first-order valence-electron chi connectivity index (χ1n) is 21.0. The van der Waals surface area contributed by atoms with Gasteiger partial charge in [0.1, 0.15) is 12.7 Å². The van der Waals surface area contributed by atoms with E-state index < -0.39 is 51.8 Å². The van der Waals surface area contributed by atoms with Crippen molar-refractivity contribution in [2.45, 2.75) is 193 Å². The molecule has 0 aliphatic heterocycles. The third-order valence-electron chi connectivity index (χ3n) is 8.87. The quantitative estimate of drug-likeness (QED) is 0.0138. The molecular weight excluding hydrogens is 695 g/mol. The molecule has 0 amide bonds. The van der Waals surface area contributed by atoms with E-state index in [0.717, 1.165) is 38.5 Å². The van der Waals surface area contributed by atoms with Gasteiger partial charge in [0.05, 0.1) is 19.8 Å². The number of ether oxygens (including phenoxy) is 2. The summed E-state index contributed by atoms with van der Waals surface area (Å²) >= 11 is 0. The molecule has 0 aromatic rings. The van der Waals surface area contributed by atoms with Crippen molar-refractivity contribution in [3.8, 4) is 0 Å². The van der Waals surface area contributed by atoms with Crippen molar-refractivity contribution in [2.75, 3.05) is 26.4 Å². The van der Waals surface area contributed by atoms with Crippen molar-refractivity contribution in [3.63, 3.8) is 0 Å². The summed E-state index contributed by atoms with van der Waals surface area (Å²) in [6.45, 7) is 2.24. The zero-order valence-corrected chi connectivity index (χ0v) is 34.4. The van der Waals surface area contributed by atoms with Crippen molar-refractivity contribution >= 4 is 19.8 Å². The number of esters is 2. The van der Waals surface area contributed by atoms with Crippen LogP contribution in [0, 0.1) is 0 Å². The Morgan fingerprint density at radius 2 is 1.06 bits per heavy atom. The molecule has 53 heavy (non-hydrogen) atoms. The number of hydrogen-bond acceptors (Lipinski definition) is 9. The fourth-order valence-corrected chi connectivity index (χ4v) is 6.39. The minimum absolute atomic E-state index is 0.202. The molecule has 3 N–H and O–H groups in total. The van der Waals surface area contributed by atoms with Crippen molar-refractivity contribution < 1.29 is 47.8 Å². The lowest BCUT2D eigenvalue weighted by molar-refractivity contribution is -0.157. The summed E-state index contributed by atoms with van der Waals surface area (Å²) in [5.41, 5.74) is 0. The van der Waals surface area contributed by atoms with Gasteiger partial charge in [0.25, 0.3) is 0 Å². The molecule has 0 aromatic carbocycles. The van der Waals surface area contributed by atoms with Crippen LogP contribution in [-0.2, 0) is 32.7 Å². The van der Waals surface area contributed by atoms with E-state index in [-0.39, 0.29) is 13.0 Å². The Kier molecular flexibility index (Phi) is 37.2. The maximum Gasteiger partial charge on any atom is 0.472 e. The van der Waals surface area contributed by atoms with E-state index in [4.69, 9.17) is 19.1 Å². The summed E-state index contributed by atoms with van der Waals surface area (Å²) in [4.78, 5) is 34.8. The van der Waals surface area contributed by atoms with Gasteiger partial charge in [0.2, 0.25) is 0 Å². The van der Waals surface area contributed by atoms with Crippen molar-refractivity contribution in [1.29, 1.82) is 0 Å². The lowest BCUT2D eigenvalue weighted by atomic mass is 10.1. The summed E-state index contributed by atoms with van der Waals surface area (Å²) in [6, 6.07) is 0. The van der Waals surface area contributed by atoms with Crippen LogP contribution < -0.4 is 0 Å². The highest BCUT2D eigenvalue weighted by molar-refractivity contribution is 7.47. The van der Waals surface area contributed by atoms with Crippen molar-refractivity contribution in [3.05, 3.63) is 36.5 Å². The topological polar surface area (TPSA) is 149 Å². The molecular formula is C42H77O10P. The molecule has 11 heteroatoms. The van der Waals surface area contributed by atoms with Crippen molar-refractivity contribution in [2.24, 2.45) is 0 Å². The summed E-state index contributed by atoms with van der Waals surface area (Å²) in [7, 11) is -4.64. The highest BCUT2D eigenvalue weighted by Crippen LogP contribution is 2.43. The summed E-state index contributed by atoms with van der Waals surface area (Å²) in [5.74, 6) is -1.19. The van der Waals surface area contributed by atoms with Crippen LogP contribution in [0.3, 0.4) is 0 Å². The first kappa shape index (κ1) is 51.2. The third kappa shape index (κ3) is 38.3. The van der Waals surface area contributed by atoms with Crippen LogP contribution in [0.5, 0.6) is 0 Å². The number of aliphatic hydroxyl groups excluding tert-OH is 2. The minimum atomic E-state index is -4.64. The second-order valence-corrected chi connectivity index (χ2v) is 15.5. The molecule has 0 fully saturated rings. The van der Waals surface area contributed by atoms with Gasteiger partial charge in [-0.3, -0.25) is 13.8 Å². The van der Waals surface area contributed by atoms with Crippen LogP contribution in [0.15, 0.2) is 36.5 Å². The summed E-state index contributed by atoms with van der Waals surface area (Å²) < 4.78 is 32.4. The van der Waals surface area contributed by atoms with Gasteiger partial charge in [-0.1, -0.05) is 160 Å². The Morgan fingerprint density at radius 1 is 0.604 bits per heavy atom. The van der Waals surface area contributed by atoms with E-state index in [1.54, 1.807) is 12.2 Å². The Balaban J connectivity index is 4.44. The fraction of sp³-hybridized carbons (Fsp3) is 0.810. The predicted octanol–water partition coefficient (Wildman–Crippen LogP) is 10.8. The van der Waals surface area contributed by atoms with Gasteiger partial charge >= 0.3 is 19.8 Å². The highest BCUT2D eigenvalue weighted by atomic mass is 31.2. The molecule has 0 spiro atoms. The molecule has 0 aliphatic rings. The Hall–Kier alpha value is -1.81. The first-order chi connectivity index (χ1) is 25.7. The monoisotopic (exact) mass is 773 g/mol. The standard InChI is InChI=1S/C42H77O10P/c1-3-5-7-9-11-13-15-17-19-21-23-25-27-29-31-33-41(45)49-37-40(38-51-53(47,48)50-36-39(44)35-43)52-42(46)34-32-30-28-26-24-22-20-18-16-14-12-10-8-6-4-2/h21,23,28,30,32,34,39-40,43-44H,3-20,22,24-27,29,31,33,35-38H2,1-2H3,(H,47,48)/b23-21+,30-28+,34-32+/t39-,40+/m0/s1. The number of unbranched alkanes of at least 4 members (excludes halogenated alkanes) is 22. The van der Waals surface area contributed by atoms with Gasteiger partial charge in [-0.05, 0) is 44.9 Å². The molecule has 310 valence electrons. The number of hydrogen-bond donors (Lipinski definition) is 3. The van der Waals surface area contributed by atoms with Crippen LogP contribution in [0.1, 0.15) is 181 Å². The highest BCUT2D eigenvalue weighted by Gasteiger charge is 2.26. The normalized spacial score (nSPS) is 14.3. The summed E-state index contributed by atoms with van der Waals surface area (Å²) in [5, 5.41) is 18.3. The molecule has 0 aliphatic carbocycles. The van der Waals surface area contributed by atoms with Gasteiger partial charge in [-0.2, -0.15) is 0 Å². The average Bonchev–Trinajstić information content (AvgIpc) is 3.14. The molecule has 10 nitrogen and oxygen atoms in total. The molecule has 0 saturated heterocycles. The zero-order valence-electron chi connectivity index (χ0n) is 33.5. The average molecular weight is 773 g/mol. The van der Waals surface area contributed by atoms with Gasteiger partial charge in [0, 0.05) is 12.5 Å². The van der Waals surface area contributed by atoms with Gasteiger partial charge in [0.15, 0.2) is 6.10 Å². The van der Waals surface area contributed by atoms with Crippen LogP contribution in [-0.4, -0.2) is 65.7 Å². The predicted molar refractivity (Wildman–Crippen MR) is 214 cm³/mol. The largest absolute Gasteiger partial charge is 0.472 e. The number of carbonyl (C=O) groups is 2. The Morgan fingerprint density at radius 3 is 1.57 bits per heavy atom. The van der Waals surface area contributed by atoms with E-state index in [9.17, 15) is 24.2 Å². The Bertz CT molecular complexity index is 983. The van der Waals surface area contributed by atoms with Crippen molar-refractivity contribution in [1.82, 2.24) is 0 Å². The zero-order chi connectivity index (χ0) is 39.1. The molecule has 0 aromatic heterocycles. The molecule has 0 rings (SSSR count). The van der Waals surface area contributed by atoms with Crippen LogP contribution in [0.25, 0.3) is 0 Å². The van der Waals surface area contributed by atoms with E-state index >= 15 is 0 Å². The maximum atomic E-state index is 12.5. The lowest BCUT2D eigenvalue weighted by Gasteiger charge is -2.19. The molecule has 0 saturated carbocycles. The molecule has 0 radical (unpaired) electrons. The number of phosphoric acid groups is 1. The van der Waals surface area contributed by atoms with E-state index in [0.29, 0.717) is 6.42 Å². The molecule has 1 unspecified atom stereocenters. The van der Waals surface area contributed by atoms with Gasteiger partial charge in [-0.25, -0.2) is 9.36 Å². The Labute approximate surface area is 322 Å². The SMILES string of the molecule is CCCCCCCCCC/C=C/CCCCCC(=O)OC[C@H](COP(=O)(O)OC[C@@H](O)CO)OC(=O)/C=C/C=C/CCCCCCCCCCCCC. The van der Waals surface area contributed by atoms with Crippen LogP contribution >= 0.6 is 7.82 Å². The van der Waals surface area contributed by atoms with E-state index in [1.807, 2.05) is 6.08 Å². The van der Waals surface area contributed by atoms with Gasteiger partial charge < -0.3 is 24.6 Å². The maximum absolute atomic E-state index is 12.5. The summed E-state index contributed by atoms with van der Waals surface area (Å²) in [6.07, 6.45) is 38.9. The number of rotatable bonds is 39. The first-order valence-corrected chi connectivity index (χ1v) is 22.5. The number of phosphoric ester groups is 1. The lowest BCUT2D eigenvalue weighted by Crippen LogP contribution is -2.29. The van der Waals surface area contributed by atoms with E-state index in [2.05, 4.69) is 30.5 Å². The van der Waals surface area contributed by atoms with Crippen LogP contribution in [0.2, 0.25) is 0 Å². The second kappa shape index (κ2) is 38.5. The fourth-order valence-electron chi connectivity index (χ4n) is 5.60. The second-order valence-electron chi connectivity index (χ2n) is 14.1.